The molecular weight excluding hydrogens is 570 g/mol. The molecule has 0 saturated carbocycles. The third kappa shape index (κ3) is 6.33. The van der Waals surface area contributed by atoms with Gasteiger partial charge in [0.1, 0.15) is 0 Å². The number of rotatable bonds is 9. The zero-order valence-corrected chi connectivity index (χ0v) is 21.9. The molecule has 11 nitrogen and oxygen atoms in total. The van der Waals surface area contributed by atoms with Crippen LogP contribution in [0, 0.1) is 10.1 Å². The van der Waals surface area contributed by atoms with Gasteiger partial charge in [0.2, 0.25) is 5.91 Å². The quantitative estimate of drug-likeness (QED) is 0.168. The fourth-order valence-corrected chi connectivity index (χ4v) is 4.75. The van der Waals surface area contributed by atoms with Gasteiger partial charge in [0.05, 0.1) is 22.9 Å². The molecule has 4 rings (SSSR count). The van der Waals surface area contributed by atoms with E-state index in [2.05, 4.69) is 41.7 Å². The molecule has 0 atom stereocenters. The van der Waals surface area contributed by atoms with Crippen LogP contribution in [0.5, 0.6) is 0 Å². The number of carbonyl (C=O) groups excluding carboxylic acids is 2. The molecule has 0 saturated heterocycles. The van der Waals surface area contributed by atoms with Crippen LogP contribution < -0.4 is 10.6 Å². The number of thioether (sulfide) groups is 1. The molecule has 36 heavy (non-hydrogen) atoms. The van der Waals surface area contributed by atoms with E-state index >= 15 is 0 Å². The number of hydrogen-bond donors (Lipinski definition) is 2. The second kappa shape index (κ2) is 11.4. The van der Waals surface area contributed by atoms with E-state index in [4.69, 9.17) is 0 Å². The predicted molar refractivity (Wildman–Crippen MR) is 140 cm³/mol. The van der Waals surface area contributed by atoms with Crippen LogP contribution in [0.15, 0.2) is 63.5 Å². The summed E-state index contributed by atoms with van der Waals surface area (Å²) >= 11 is 5.94. The van der Waals surface area contributed by atoms with Gasteiger partial charge >= 0.3 is 0 Å². The molecule has 14 heteroatoms. The molecule has 4 aromatic rings. The van der Waals surface area contributed by atoms with Crippen molar-refractivity contribution in [3.8, 4) is 11.3 Å². The van der Waals surface area contributed by atoms with Crippen molar-refractivity contribution in [3.05, 3.63) is 79.9 Å². The maximum Gasteiger partial charge on any atom is 0.270 e. The van der Waals surface area contributed by atoms with Crippen LogP contribution in [0.4, 0.5) is 10.8 Å². The van der Waals surface area contributed by atoms with E-state index in [9.17, 15) is 19.7 Å². The Labute approximate surface area is 221 Å². The van der Waals surface area contributed by atoms with E-state index in [-0.39, 0.29) is 29.5 Å². The van der Waals surface area contributed by atoms with Gasteiger partial charge in [0.25, 0.3) is 11.6 Å². The zero-order valence-electron chi connectivity index (χ0n) is 18.7. The molecule has 0 aliphatic heterocycles. The van der Waals surface area contributed by atoms with Gasteiger partial charge in [-0.1, -0.05) is 45.9 Å². The van der Waals surface area contributed by atoms with E-state index in [1.54, 1.807) is 11.6 Å². The molecule has 0 radical (unpaired) electrons. The van der Waals surface area contributed by atoms with Crippen LogP contribution in [0.1, 0.15) is 16.2 Å². The molecule has 0 unspecified atom stereocenters. The van der Waals surface area contributed by atoms with Crippen molar-refractivity contribution >= 4 is 61.7 Å². The largest absolute Gasteiger partial charge is 0.345 e. The molecular formula is C22H18BrN7O4S2. The Morgan fingerprint density at radius 1 is 1.19 bits per heavy atom. The highest BCUT2D eigenvalue weighted by atomic mass is 79.9. The first-order chi connectivity index (χ1) is 17.3. The summed E-state index contributed by atoms with van der Waals surface area (Å²) in [5, 5.41) is 27.4. The number of aromatic nitrogens is 4. The Kier molecular flexibility index (Phi) is 8.07. The minimum Gasteiger partial charge on any atom is -0.345 e. The topological polar surface area (TPSA) is 145 Å². The summed E-state index contributed by atoms with van der Waals surface area (Å²) in [5.41, 5.74) is 1.73. The minimum atomic E-state index is -0.561. The lowest BCUT2D eigenvalue weighted by molar-refractivity contribution is -0.384. The number of anilines is 1. The lowest BCUT2D eigenvalue weighted by atomic mass is 10.2. The molecule has 2 aromatic carbocycles. The molecule has 2 heterocycles. The van der Waals surface area contributed by atoms with Gasteiger partial charge < -0.3 is 15.2 Å². The van der Waals surface area contributed by atoms with Gasteiger partial charge in [-0.3, -0.25) is 19.7 Å². The van der Waals surface area contributed by atoms with Crippen LogP contribution in [-0.2, 0) is 18.4 Å². The summed E-state index contributed by atoms with van der Waals surface area (Å²) in [6.07, 6.45) is 0. The summed E-state index contributed by atoms with van der Waals surface area (Å²) in [5.74, 6) is -0.142. The van der Waals surface area contributed by atoms with Crippen molar-refractivity contribution in [1.82, 2.24) is 25.1 Å². The fraction of sp³-hybridized carbons (Fsp3) is 0.136. The van der Waals surface area contributed by atoms with Crippen molar-refractivity contribution in [3.63, 3.8) is 0 Å². The molecule has 2 aromatic heterocycles. The smallest absolute Gasteiger partial charge is 0.270 e. The highest BCUT2D eigenvalue weighted by molar-refractivity contribution is 9.10. The third-order valence-corrected chi connectivity index (χ3v) is 7.18. The van der Waals surface area contributed by atoms with Gasteiger partial charge in [0, 0.05) is 40.2 Å². The number of benzene rings is 2. The Bertz CT molecular complexity index is 1420. The van der Waals surface area contributed by atoms with Crippen LogP contribution in [0.3, 0.4) is 0 Å². The van der Waals surface area contributed by atoms with Crippen LogP contribution in [-0.4, -0.2) is 42.2 Å². The Morgan fingerprint density at radius 2 is 1.97 bits per heavy atom. The number of amides is 2. The first-order valence-electron chi connectivity index (χ1n) is 10.3. The number of thiazole rings is 1. The van der Waals surface area contributed by atoms with E-state index in [0.29, 0.717) is 16.1 Å². The van der Waals surface area contributed by atoms with Crippen LogP contribution in [0.2, 0.25) is 0 Å². The molecule has 2 N–H and O–H groups in total. The normalized spacial score (nSPS) is 10.7. The number of nitro groups is 1. The Morgan fingerprint density at radius 3 is 2.72 bits per heavy atom. The van der Waals surface area contributed by atoms with Gasteiger partial charge in [-0.25, -0.2) is 4.98 Å². The number of non-ortho nitro benzene ring substituents is 1. The summed E-state index contributed by atoms with van der Waals surface area (Å²) in [6.45, 7) is 0.0652. The number of carbonyl (C=O) groups is 2. The fourth-order valence-electron chi connectivity index (χ4n) is 3.02. The van der Waals surface area contributed by atoms with Crippen molar-refractivity contribution in [2.75, 3.05) is 11.1 Å². The van der Waals surface area contributed by atoms with Gasteiger partial charge in [-0.2, -0.15) is 0 Å². The van der Waals surface area contributed by atoms with Crippen LogP contribution in [0.25, 0.3) is 11.3 Å². The first kappa shape index (κ1) is 25.5. The maximum absolute atomic E-state index is 12.4. The van der Waals surface area contributed by atoms with Gasteiger partial charge in [0.15, 0.2) is 16.1 Å². The van der Waals surface area contributed by atoms with E-state index in [0.717, 1.165) is 15.7 Å². The van der Waals surface area contributed by atoms with E-state index in [1.807, 2.05) is 29.6 Å². The second-order valence-electron chi connectivity index (χ2n) is 7.33. The summed E-state index contributed by atoms with van der Waals surface area (Å²) in [7, 11) is 1.72. The lowest BCUT2D eigenvalue weighted by Gasteiger charge is -2.06. The van der Waals surface area contributed by atoms with Crippen molar-refractivity contribution in [2.45, 2.75) is 11.7 Å². The highest BCUT2D eigenvalue weighted by Crippen LogP contribution is 2.26. The van der Waals surface area contributed by atoms with Crippen molar-refractivity contribution < 1.29 is 14.5 Å². The lowest BCUT2D eigenvalue weighted by Crippen LogP contribution is -2.24. The molecule has 0 bridgehead atoms. The molecule has 0 aliphatic carbocycles. The second-order valence-corrected chi connectivity index (χ2v) is 10.0. The molecule has 184 valence electrons. The average molecular weight is 588 g/mol. The number of nitrogens with zero attached hydrogens (tertiary/aromatic N) is 5. The number of hydrogen-bond acceptors (Lipinski definition) is 9. The monoisotopic (exact) mass is 587 g/mol. The molecule has 0 aliphatic rings. The zero-order chi connectivity index (χ0) is 25.7. The number of nitrogens with one attached hydrogen (secondary N) is 2. The SMILES string of the molecule is Cn1c(CNC(=O)c2cccc([N+](=O)[O-])c2)nnc1SCC(=O)Nc1nc(-c2ccc(Br)cc2)cs1. The minimum absolute atomic E-state index is 0.0652. The maximum atomic E-state index is 12.4. The molecule has 0 spiro atoms. The first-order valence-corrected chi connectivity index (χ1v) is 13.0. The van der Waals surface area contributed by atoms with Crippen molar-refractivity contribution in [2.24, 2.45) is 7.05 Å². The number of halogens is 1. The van der Waals surface area contributed by atoms with Crippen molar-refractivity contribution in [1.29, 1.82) is 0 Å². The third-order valence-electron chi connectivity index (χ3n) is 4.87. The predicted octanol–water partition coefficient (Wildman–Crippen LogP) is 4.27. The van der Waals surface area contributed by atoms with Crippen LogP contribution >= 0.6 is 39.0 Å². The summed E-state index contributed by atoms with van der Waals surface area (Å²) < 4.78 is 2.64. The molecule has 0 fully saturated rings. The molecule has 2 amide bonds. The highest BCUT2D eigenvalue weighted by Gasteiger charge is 2.15. The summed E-state index contributed by atoms with van der Waals surface area (Å²) in [6, 6.07) is 13.2. The number of nitro benzene ring substituents is 1. The Balaban J connectivity index is 1.28. The van der Waals surface area contributed by atoms with Gasteiger partial charge in [-0.15, -0.1) is 21.5 Å². The Hall–Kier alpha value is -3.62. The summed E-state index contributed by atoms with van der Waals surface area (Å²) in [4.78, 5) is 39.6. The van der Waals surface area contributed by atoms with Gasteiger partial charge in [-0.05, 0) is 18.2 Å². The van der Waals surface area contributed by atoms with E-state index < -0.39 is 10.8 Å². The average Bonchev–Trinajstić information content (AvgIpc) is 3.48. The standard InChI is InChI=1S/C22H18BrN7O4S2/c1-29-18(10-24-20(32)14-3-2-4-16(9-14)30(33)34)27-28-22(29)36-12-19(31)26-21-25-17(11-35-21)13-5-7-15(23)8-6-13/h2-9,11H,10,12H2,1H3,(H,24,32)(H,25,26,31). The van der Waals surface area contributed by atoms with E-state index in [1.165, 1.54) is 47.4 Å².